The molecule has 0 saturated heterocycles. The Morgan fingerprint density at radius 2 is 0.662 bits per heavy atom. The van der Waals surface area contributed by atoms with Gasteiger partial charge in [-0.2, -0.15) is 0 Å². The molecule has 13 nitrogen and oxygen atoms in total. The van der Waals surface area contributed by atoms with Gasteiger partial charge in [-0.05, 0) is 91.6 Å². The largest absolute Gasteiger partial charge is 0.494 e. The Kier molecular flexibility index (Phi) is 34.5. The lowest BCUT2D eigenvalue weighted by molar-refractivity contribution is -0.123. The fourth-order valence-electron chi connectivity index (χ4n) is 8.21. The molecule has 0 spiro atoms. The van der Waals surface area contributed by atoms with Crippen molar-refractivity contribution in [2.45, 2.75) is 214 Å². The third kappa shape index (κ3) is 27.9. The van der Waals surface area contributed by atoms with Crippen molar-refractivity contribution in [1.82, 2.24) is 16.0 Å². The molecule has 3 aromatic rings. The molecular weight excluding hydrogens is 954 g/mol. The maximum atomic E-state index is 15.5. The first-order valence-corrected chi connectivity index (χ1v) is 30.1. The van der Waals surface area contributed by atoms with Crippen LogP contribution in [0.3, 0.4) is 0 Å². The van der Waals surface area contributed by atoms with Gasteiger partial charge in [0.15, 0.2) is 0 Å². The third-order valence-electron chi connectivity index (χ3n) is 12.8. The molecule has 0 saturated carbocycles. The summed E-state index contributed by atoms with van der Waals surface area (Å²) < 4.78 is 52.9. The van der Waals surface area contributed by atoms with Crippen LogP contribution in [0.5, 0.6) is 17.2 Å². The standard InChI is InChI=1S/C60H96N3O10P/c1-7-13-19-22-25-37-58(64)61-55(49-31-28-34-52(43-49)68-40-16-10-4)46-71-74(67,72-47-56(62-59(65)38-26-23-20-14-8-2)50-32-29-35-53(44-50)69-41-17-11-5)73-48-57(63-60(66)39-27-24-21-15-9-3)51-33-30-36-54(45-51)70-42-18-12-6/h28-36,43-45,55-57H,7-27,37-42,46-48H2,1-6H3,(H,61,64)(H,62,65)(H,63,66). The summed E-state index contributed by atoms with van der Waals surface area (Å²) in [5.74, 6) is 1.42. The van der Waals surface area contributed by atoms with Crippen molar-refractivity contribution < 1.29 is 46.7 Å². The van der Waals surface area contributed by atoms with Crippen molar-refractivity contribution in [3.8, 4) is 17.2 Å². The molecule has 0 heterocycles. The summed E-state index contributed by atoms with van der Waals surface area (Å²) in [4.78, 5) is 41.0. The van der Waals surface area contributed by atoms with E-state index >= 15 is 4.57 Å². The van der Waals surface area contributed by atoms with Gasteiger partial charge in [-0.3, -0.25) is 28.0 Å². The molecule has 0 aliphatic rings. The summed E-state index contributed by atoms with van der Waals surface area (Å²) in [5.41, 5.74) is 2.08. The number of unbranched alkanes of at least 4 members (excludes halogenated alkanes) is 15. The highest BCUT2D eigenvalue weighted by atomic mass is 31.2. The normalized spacial score (nSPS) is 13.3. The summed E-state index contributed by atoms with van der Waals surface area (Å²) in [7, 11) is -4.62. The highest BCUT2D eigenvalue weighted by molar-refractivity contribution is 7.48. The van der Waals surface area contributed by atoms with Crippen LogP contribution in [0, 0.1) is 0 Å². The second-order valence-electron chi connectivity index (χ2n) is 19.5. The molecule has 416 valence electrons. The Labute approximate surface area is 446 Å². The first-order chi connectivity index (χ1) is 36.1. The number of benzene rings is 3. The first-order valence-electron chi connectivity index (χ1n) is 28.7. The van der Waals surface area contributed by atoms with E-state index in [-0.39, 0.29) is 37.5 Å². The Balaban J connectivity index is 2.07. The lowest BCUT2D eigenvalue weighted by atomic mass is 10.1. The van der Waals surface area contributed by atoms with E-state index in [0.29, 0.717) is 73.0 Å². The van der Waals surface area contributed by atoms with Crippen LogP contribution in [0.15, 0.2) is 72.8 Å². The van der Waals surface area contributed by atoms with Gasteiger partial charge in [-0.15, -0.1) is 0 Å². The summed E-state index contributed by atoms with van der Waals surface area (Å²) in [6, 6.07) is 20.1. The summed E-state index contributed by atoms with van der Waals surface area (Å²) in [5, 5.41) is 9.45. The van der Waals surface area contributed by atoms with Crippen LogP contribution in [0.2, 0.25) is 0 Å². The Morgan fingerprint density at radius 3 is 0.932 bits per heavy atom. The van der Waals surface area contributed by atoms with E-state index in [1.165, 1.54) is 0 Å². The zero-order valence-corrected chi connectivity index (χ0v) is 47.3. The topological polar surface area (TPSA) is 160 Å². The summed E-state index contributed by atoms with van der Waals surface area (Å²) in [6.07, 6.45) is 21.4. The molecule has 0 radical (unpaired) electrons. The number of phosphoric ester groups is 1. The van der Waals surface area contributed by atoms with Crippen molar-refractivity contribution in [2.75, 3.05) is 39.6 Å². The molecule has 3 rings (SSSR count). The number of amides is 3. The maximum absolute atomic E-state index is 15.5. The smallest absolute Gasteiger partial charge is 0.475 e. The molecule has 74 heavy (non-hydrogen) atoms. The van der Waals surface area contributed by atoms with Crippen LogP contribution >= 0.6 is 7.82 Å². The molecule has 3 N–H and O–H groups in total. The second-order valence-corrected chi connectivity index (χ2v) is 21.2. The molecule has 0 bridgehead atoms. The van der Waals surface area contributed by atoms with Gasteiger partial charge in [-0.25, -0.2) is 4.57 Å². The molecule has 3 aromatic carbocycles. The number of hydrogen-bond donors (Lipinski definition) is 3. The van der Waals surface area contributed by atoms with E-state index in [1.54, 1.807) is 0 Å². The summed E-state index contributed by atoms with van der Waals surface area (Å²) >= 11 is 0. The van der Waals surface area contributed by atoms with Gasteiger partial charge in [0, 0.05) is 19.3 Å². The predicted molar refractivity (Wildman–Crippen MR) is 299 cm³/mol. The lowest BCUT2D eigenvalue weighted by Gasteiger charge is -2.27. The van der Waals surface area contributed by atoms with E-state index in [9.17, 15) is 14.4 Å². The highest BCUT2D eigenvalue weighted by Gasteiger charge is 2.33. The molecule has 0 aliphatic heterocycles. The number of carbonyl (C=O) groups is 3. The van der Waals surface area contributed by atoms with Crippen LogP contribution in [-0.4, -0.2) is 57.4 Å². The minimum absolute atomic E-state index is 0.166. The van der Waals surface area contributed by atoms with Crippen molar-refractivity contribution in [2.24, 2.45) is 0 Å². The minimum atomic E-state index is -4.62. The van der Waals surface area contributed by atoms with E-state index in [1.807, 2.05) is 72.8 Å². The second kappa shape index (κ2) is 39.9. The zero-order valence-electron chi connectivity index (χ0n) is 46.4. The Morgan fingerprint density at radius 1 is 0.392 bits per heavy atom. The van der Waals surface area contributed by atoms with Crippen LogP contribution in [-0.2, 0) is 32.5 Å². The van der Waals surface area contributed by atoms with Gasteiger partial charge in [0.1, 0.15) is 17.2 Å². The number of nitrogens with one attached hydrogen (secondary N) is 3. The minimum Gasteiger partial charge on any atom is -0.494 e. The van der Waals surface area contributed by atoms with Crippen LogP contribution in [0.25, 0.3) is 0 Å². The number of carbonyl (C=O) groups excluding carboxylic acids is 3. The first kappa shape index (κ1) is 63.9. The van der Waals surface area contributed by atoms with E-state index < -0.39 is 25.9 Å². The maximum Gasteiger partial charge on any atom is 0.475 e. The Bertz CT molecular complexity index is 1800. The van der Waals surface area contributed by atoms with Gasteiger partial charge >= 0.3 is 7.82 Å². The van der Waals surface area contributed by atoms with E-state index in [0.717, 1.165) is 135 Å². The molecule has 3 amide bonds. The summed E-state index contributed by atoms with van der Waals surface area (Å²) in [6.45, 7) is 13.5. The van der Waals surface area contributed by atoms with Crippen molar-refractivity contribution >= 4 is 25.5 Å². The Hall–Kier alpha value is -4.42. The van der Waals surface area contributed by atoms with Gasteiger partial charge in [0.25, 0.3) is 0 Å². The average Bonchev–Trinajstić information content (AvgIpc) is 3.40. The number of phosphoric acid groups is 1. The predicted octanol–water partition coefficient (Wildman–Crippen LogP) is 15.3. The average molecular weight is 1050 g/mol. The molecule has 0 aromatic heterocycles. The molecule has 0 aliphatic carbocycles. The van der Waals surface area contributed by atoms with Gasteiger partial charge in [0.05, 0.1) is 57.8 Å². The van der Waals surface area contributed by atoms with E-state index in [2.05, 4.69) is 57.5 Å². The van der Waals surface area contributed by atoms with Crippen LogP contribution in [0.4, 0.5) is 0 Å². The highest BCUT2D eigenvalue weighted by Crippen LogP contribution is 2.51. The van der Waals surface area contributed by atoms with Gasteiger partial charge < -0.3 is 30.2 Å². The van der Waals surface area contributed by atoms with Crippen molar-refractivity contribution in [3.05, 3.63) is 89.5 Å². The van der Waals surface area contributed by atoms with Gasteiger partial charge in [0.2, 0.25) is 17.7 Å². The quantitative estimate of drug-likeness (QED) is 0.0367. The zero-order chi connectivity index (χ0) is 53.5. The van der Waals surface area contributed by atoms with Crippen molar-refractivity contribution in [1.29, 1.82) is 0 Å². The van der Waals surface area contributed by atoms with Crippen LogP contribution < -0.4 is 30.2 Å². The number of ether oxygens (including phenoxy) is 3. The van der Waals surface area contributed by atoms with E-state index in [4.69, 9.17) is 27.8 Å². The fraction of sp³-hybridized carbons (Fsp3) is 0.650. The molecule has 3 atom stereocenters. The van der Waals surface area contributed by atoms with Crippen LogP contribution in [0.1, 0.15) is 230 Å². The third-order valence-corrected chi connectivity index (χ3v) is 14.2. The molecule has 14 heteroatoms. The molecular formula is C60H96N3O10P. The lowest BCUT2D eigenvalue weighted by Crippen LogP contribution is -2.33. The number of rotatable bonds is 45. The SMILES string of the molecule is CCCCCCCC(=O)NC(COP(=O)(OCC(NC(=O)CCCCCCC)c1cccc(OCCCC)c1)OCC(NC(=O)CCCCCCC)c1cccc(OCCCC)c1)c1cccc(OCCCC)c1. The molecule has 3 unspecified atom stereocenters. The van der Waals surface area contributed by atoms with Gasteiger partial charge in [-0.1, -0.05) is 174 Å². The monoisotopic (exact) mass is 1050 g/mol. The number of hydrogen-bond acceptors (Lipinski definition) is 10. The molecule has 0 fully saturated rings. The fourth-order valence-corrected chi connectivity index (χ4v) is 9.42. The van der Waals surface area contributed by atoms with Crippen molar-refractivity contribution in [3.63, 3.8) is 0 Å².